The van der Waals surface area contributed by atoms with Crippen LogP contribution in [-0.4, -0.2) is 34.9 Å². The molecule has 0 radical (unpaired) electrons. The fourth-order valence-electron chi connectivity index (χ4n) is 3.73. The molecule has 0 bridgehead atoms. The monoisotopic (exact) mass is 500 g/mol. The largest absolute Gasteiger partial charge is 0.507 e. The molecule has 200 valence electrons. The lowest BCUT2D eigenvalue weighted by molar-refractivity contribution is 0.0264. The van der Waals surface area contributed by atoms with Crippen LogP contribution >= 0.6 is 0 Å². The van der Waals surface area contributed by atoms with Crippen LogP contribution in [0.2, 0.25) is 0 Å². The van der Waals surface area contributed by atoms with Gasteiger partial charge in [-0.25, -0.2) is 9.59 Å². The molecule has 2 aromatic carbocycles. The van der Waals surface area contributed by atoms with Crippen molar-refractivity contribution in [1.29, 1.82) is 0 Å². The molecule has 0 saturated carbocycles. The average Bonchev–Trinajstić information content (AvgIpc) is 2.88. The van der Waals surface area contributed by atoms with Crippen molar-refractivity contribution in [2.75, 3.05) is 6.61 Å². The number of aromatic carboxylic acids is 1. The molecule has 2 N–H and O–H groups in total. The van der Waals surface area contributed by atoms with Crippen LogP contribution in [0.4, 0.5) is 0 Å². The number of carboxylic acids is 1. The van der Waals surface area contributed by atoms with Gasteiger partial charge in [0.1, 0.15) is 28.7 Å². The van der Waals surface area contributed by atoms with Gasteiger partial charge in [-0.2, -0.15) is 0 Å². The van der Waals surface area contributed by atoms with Gasteiger partial charge in [0.05, 0.1) is 6.61 Å². The molecule has 0 aliphatic carbocycles. The summed E-state index contributed by atoms with van der Waals surface area (Å²) in [5.74, 6) is -0.833. The number of para-hydroxylation sites is 2. The summed E-state index contributed by atoms with van der Waals surface area (Å²) in [5, 5.41) is 18.7. The number of aromatic hydroxyl groups is 1. The molecule has 0 aliphatic rings. The zero-order chi connectivity index (χ0) is 26.8. The smallest absolute Gasteiger partial charge is 0.342 e. The summed E-state index contributed by atoms with van der Waals surface area (Å²) in [6.07, 6.45) is 10.3. The summed E-state index contributed by atoms with van der Waals surface area (Å²) < 4.78 is 11.1. The van der Waals surface area contributed by atoms with E-state index in [1.54, 1.807) is 30.3 Å². The highest BCUT2D eigenvalue weighted by Crippen LogP contribution is 2.25. The Morgan fingerprint density at radius 2 is 1.50 bits per heavy atom. The van der Waals surface area contributed by atoms with E-state index < -0.39 is 11.9 Å². The van der Waals surface area contributed by atoms with Gasteiger partial charge in [0.25, 0.3) is 0 Å². The Morgan fingerprint density at radius 1 is 0.833 bits per heavy atom. The van der Waals surface area contributed by atoms with E-state index in [4.69, 9.17) is 14.6 Å². The fourth-order valence-corrected chi connectivity index (χ4v) is 3.73. The number of benzene rings is 2. The van der Waals surface area contributed by atoms with Gasteiger partial charge < -0.3 is 19.7 Å². The molecular formula is C30H44O6. The average molecular weight is 501 g/mol. The number of carbonyl (C=O) groups excluding carboxylic acids is 1. The Kier molecular flexibility index (Phi) is 15.7. The third-order valence-corrected chi connectivity index (χ3v) is 5.93. The predicted octanol–water partition coefficient (Wildman–Crippen LogP) is 7.81. The van der Waals surface area contributed by atoms with Gasteiger partial charge >= 0.3 is 11.9 Å². The van der Waals surface area contributed by atoms with Crippen LogP contribution in [0, 0.1) is 0 Å². The molecule has 1 atom stereocenters. The topological polar surface area (TPSA) is 93.1 Å². The van der Waals surface area contributed by atoms with E-state index in [-0.39, 0.29) is 23.0 Å². The normalized spacial score (nSPS) is 11.2. The number of phenols is 1. The highest BCUT2D eigenvalue weighted by atomic mass is 16.5. The van der Waals surface area contributed by atoms with Gasteiger partial charge in [0, 0.05) is 0 Å². The molecule has 0 amide bonds. The van der Waals surface area contributed by atoms with E-state index in [1.165, 1.54) is 18.9 Å². The number of carboxylic acid groups (broad SMARTS) is 1. The van der Waals surface area contributed by atoms with E-state index in [0.717, 1.165) is 56.9 Å². The van der Waals surface area contributed by atoms with Gasteiger partial charge in [-0.1, -0.05) is 84.1 Å². The van der Waals surface area contributed by atoms with E-state index in [9.17, 15) is 14.7 Å². The second kappa shape index (κ2) is 18.3. The van der Waals surface area contributed by atoms with E-state index in [0.29, 0.717) is 12.4 Å². The van der Waals surface area contributed by atoms with Crippen LogP contribution in [-0.2, 0) is 11.2 Å². The Morgan fingerprint density at radius 3 is 2.11 bits per heavy atom. The molecule has 0 saturated heterocycles. The maximum atomic E-state index is 11.9. The van der Waals surface area contributed by atoms with E-state index in [1.807, 2.05) is 19.9 Å². The summed E-state index contributed by atoms with van der Waals surface area (Å²) >= 11 is 0. The first-order chi connectivity index (χ1) is 17.4. The van der Waals surface area contributed by atoms with Gasteiger partial charge in [-0.3, -0.25) is 0 Å². The second-order valence-electron chi connectivity index (χ2n) is 8.81. The van der Waals surface area contributed by atoms with Gasteiger partial charge in [-0.05, 0) is 55.9 Å². The SMILES string of the molecule is CCCCCC(CC)OC(=O)c1ccccc1O.CCCCCCOc1c(CC)cccc1C(=O)O. The van der Waals surface area contributed by atoms with Gasteiger partial charge in [-0.15, -0.1) is 0 Å². The molecule has 2 rings (SSSR count). The maximum Gasteiger partial charge on any atom is 0.342 e. The van der Waals surface area contributed by atoms with Crippen molar-refractivity contribution in [3.8, 4) is 11.5 Å². The first-order valence-corrected chi connectivity index (χ1v) is 13.4. The highest BCUT2D eigenvalue weighted by Gasteiger charge is 2.17. The Bertz CT molecular complexity index is 908. The van der Waals surface area contributed by atoms with Crippen LogP contribution in [0.5, 0.6) is 11.5 Å². The number of unbranched alkanes of at least 4 members (excludes halogenated alkanes) is 5. The molecule has 2 aromatic rings. The highest BCUT2D eigenvalue weighted by molar-refractivity contribution is 5.92. The predicted molar refractivity (Wildman–Crippen MR) is 144 cm³/mol. The quantitative estimate of drug-likeness (QED) is 0.191. The number of phenolic OH excluding ortho intramolecular Hbond substituents is 1. The maximum absolute atomic E-state index is 11.9. The van der Waals surface area contributed by atoms with E-state index in [2.05, 4.69) is 13.8 Å². The van der Waals surface area contributed by atoms with Crippen LogP contribution in [0.3, 0.4) is 0 Å². The molecule has 36 heavy (non-hydrogen) atoms. The van der Waals surface area contributed by atoms with Crippen molar-refractivity contribution in [2.45, 2.75) is 98.0 Å². The number of hydrogen-bond donors (Lipinski definition) is 2. The standard InChI is InChI=1S/2C15H22O3/c1-3-5-6-9-12(4-2)18-15(17)13-10-7-8-11-14(13)16;1-3-5-6-7-11-18-14-12(4-2)9-8-10-13(14)15(16)17/h7-8,10-12,16H,3-6,9H2,1-2H3;8-10H,3-7,11H2,1-2H3,(H,16,17). The molecule has 6 heteroatoms. The number of hydrogen-bond acceptors (Lipinski definition) is 5. The number of esters is 1. The zero-order valence-electron chi connectivity index (χ0n) is 22.4. The summed E-state index contributed by atoms with van der Waals surface area (Å²) in [5.41, 5.74) is 1.47. The van der Waals surface area contributed by atoms with E-state index >= 15 is 0 Å². The first kappa shape index (κ1) is 31.0. The minimum absolute atomic E-state index is 0.0223. The Balaban J connectivity index is 0.000000360. The Labute approximate surface area is 216 Å². The lowest BCUT2D eigenvalue weighted by Gasteiger charge is -2.16. The molecule has 0 spiro atoms. The van der Waals surface area contributed by atoms with Crippen molar-refractivity contribution in [3.63, 3.8) is 0 Å². The van der Waals surface area contributed by atoms with Crippen molar-refractivity contribution in [2.24, 2.45) is 0 Å². The molecule has 0 aliphatic heterocycles. The second-order valence-corrected chi connectivity index (χ2v) is 8.81. The molecule has 1 unspecified atom stereocenters. The van der Waals surface area contributed by atoms with Gasteiger partial charge in [0.2, 0.25) is 0 Å². The summed E-state index contributed by atoms with van der Waals surface area (Å²) in [4.78, 5) is 23.0. The van der Waals surface area contributed by atoms with Gasteiger partial charge in [0.15, 0.2) is 0 Å². The third-order valence-electron chi connectivity index (χ3n) is 5.93. The lowest BCUT2D eigenvalue weighted by Crippen LogP contribution is -2.17. The summed E-state index contributed by atoms with van der Waals surface area (Å²) in [6.45, 7) is 8.92. The minimum Gasteiger partial charge on any atom is -0.507 e. The molecular weight excluding hydrogens is 456 g/mol. The Hall–Kier alpha value is -3.02. The lowest BCUT2D eigenvalue weighted by atomic mass is 10.1. The van der Waals surface area contributed by atoms with Crippen LogP contribution in [0.25, 0.3) is 0 Å². The number of rotatable bonds is 15. The van der Waals surface area contributed by atoms with Crippen LogP contribution < -0.4 is 4.74 Å². The molecule has 0 heterocycles. The van der Waals surface area contributed by atoms with Crippen LogP contribution in [0.15, 0.2) is 42.5 Å². The molecule has 0 fully saturated rings. The van der Waals surface area contributed by atoms with Crippen LogP contribution in [0.1, 0.15) is 112 Å². The zero-order valence-corrected chi connectivity index (χ0v) is 22.4. The summed E-state index contributed by atoms with van der Waals surface area (Å²) in [7, 11) is 0. The van der Waals surface area contributed by atoms with Crippen molar-refractivity contribution in [3.05, 3.63) is 59.2 Å². The fraction of sp³-hybridized carbons (Fsp3) is 0.533. The molecule has 0 aromatic heterocycles. The number of ether oxygens (including phenoxy) is 2. The van der Waals surface area contributed by atoms with Crippen molar-refractivity contribution >= 4 is 11.9 Å². The van der Waals surface area contributed by atoms with Crippen molar-refractivity contribution < 1.29 is 29.3 Å². The summed E-state index contributed by atoms with van der Waals surface area (Å²) in [6, 6.07) is 11.8. The first-order valence-electron chi connectivity index (χ1n) is 13.4. The minimum atomic E-state index is -0.922. The number of carbonyl (C=O) groups is 2. The molecule has 6 nitrogen and oxygen atoms in total. The third kappa shape index (κ3) is 11.1. The van der Waals surface area contributed by atoms with Crippen molar-refractivity contribution in [1.82, 2.24) is 0 Å². The number of aryl methyl sites for hydroxylation is 1.